The van der Waals surface area contributed by atoms with Crippen molar-refractivity contribution in [1.29, 1.82) is 0 Å². The summed E-state index contributed by atoms with van der Waals surface area (Å²) in [5.74, 6) is -0.452. The molecule has 0 aliphatic rings. The van der Waals surface area contributed by atoms with Crippen molar-refractivity contribution in [3.05, 3.63) is 46.4 Å². The number of imidazole rings is 1. The van der Waals surface area contributed by atoms with Crippen molar-refractivity contribution in [1.82, 2.24) is 9.55 Å². The summed E-state index contributed by atoms with van der Waals surface area (Å²) >= 11 is 0. The van der Waals surface area contributed by atoms with Crippen LogP contribution in [0, 0.1) is 0 Å². The molecule has 100 valence electrons. The van der Waals surface area contributed by atoms with Gasteiger partial charge in [-0.25, -0.2) is 9.59 Å². The molecule has 0 radical (unpaired) electrons. The number of aromatic nitrogens is 2. The molecule has 2 rings (SSSR count). The largest absolute Gasteiger partial charge is 0.492 e. The summed E-state index contributed by atoms with van der Waals surface area (Å²) in [6.45, 7) is 0.102. The molecule has 0 unspecified atom stereocenters. The number of carbonyl (C=O) groups is 1. The van der Waals surface area contributed by atoms with E-state index in [9.17, 15) is 14.7 Å². The van der Waals surface area contributed by atoms with Gasteiger partial charge in [0, 0.05) is 7.05 Å². The number of ether oxygens (including phenoxy) is 1. The van der Waals surface area contributed by atoms with E-state index < -0.39 is 11.8 Å². The first-order valence-corrected chi connectivity index (χ1v) is 5.53. The molecule has 1 amide bonds. The lowest BCUT2D eigenvalue weighted by Crippen LogP contribution is -2.15. The van der Waals surface area contributed by atoms with Crippen LogP contribution in [-0.4, -0.2) is 20.8 Å². The maximum Gasteiger partial charge on any atom is 0.413 e. The number of nitrogens with one attached hydrogen (secondary N) is 2. The molecule has 2 aromatic rings. The van der Waals surface area contributed by atoms with Crippen LogP contribution in [0.4, 0.5) is 10.6 Å². The van der Waals surface area contributed by atoms with Crippen LogP contribution < -0.4 is 11.0 Å². The predicted octanol–water partition coefficient (Wildman–Crippen LogP) is 1.17. The molecule has 0 fully saturated rings. The van der Waals surface area contributed by atoms with Gasteiger partial charge < -0.3 is 9.84 Å². The Hall–Kier alpha value is -2.70. The minimum atomic E-state index is -0.763. The number of benzene rings is 1. The minimum Gasteiger partial charge on any atom is -0.492 e. The summed E-state index contributed by atoms with van der Waals surface area (Å²) in [4.78, 5) is 24.9. The highest BCUT2D eigenvalue weighted by molar-refractivity contribution is 5.84. The predicted molar refractivity (Wildman–Crippen MR) is 67.9 cm³/mol. The number of rotatable bonds is 3. The fourth-order valence-electron chi connectivity index (χ4n) is 1.46. The van der Waals surface area contributed by atoms with Crippen molar-refractivity contribution in [3.63, 3.8) is 0 Å². The molecule has 0 bridgehead atoms. The summed E-state index contributed by atoms with van der Waals surface area (Å²) in [5.41, 5.74) is 0.305. The van der Waals surface area contributed by atoms with Gasteiger partial charge >= 0.3 is 11.8 Å². The Morgan fingerprint density at radius 3 is 2.68 bits per heavy atom. The Morgan fingerprint density at radius 1 is 1.42 bits per heavy atom. The molecule has 7 heteroatoms. The molecule has 0 spiro atoms. The lowest BCUT2D eigenvalue weighted by atomic mass is 10.2. The minimum absolute atomic E-state index is 0.0921. The fraction of sp³-hybridized carbons (Fsp3) is 0.167. The number of carbonyl (C=O) groups excluding carboxylic acids is 1. The normalized spacial score (nSPS) is 10.2. The first-order chi connectivity index (χ1) is 9.08. The quantitative estimate of drug-likeness (QED) is 0.774. The highest BCUT2D eigenvalue weighted by Crippen LogP contribution is 2.16. The molecular weight excluding hydrogens is 250 g/mol. The van der Waals surface area contributed by atoms with Gasteiger partial charge in [0.15, 0.2) is 5.82 Å². The Bertz CT molecular complexity index is 630. The maximum atomic E-state index is 11.5. The van der Waals surface area contributed by atoms with Crippen LogP contribution in [0.15, 0.2) is 35.1 Å². The van der Waals surface area contributed by atoms with E-state index in [0.717, 1.165) is 10.1 Å². The van der Waals surface area contributed by atoms with Crippen LogP contribution in [0.2, 0.25) is 0 Å². The molecular formula is C12H13N3O4. The first kappa shape index (κ1) is 12.7. The average molecular weight is 263 g/mol. The van der Waals surface area contributed by atoms with Crippen molar-refractivity contribution < 1.29 is 14.6 Å². The van der Waals surface area contributed by atoms with E-state index in [1.807, 2.05) is 30.3 Å². The van der Waals surface area contributed by atoms with Crippen LogP contribution in [0.5, 0.6) is 5.88 Å². The van der Waals surface area contributed by atoms with E-state index >= 15 is 0 Å². The zero-order chi connectivity index (χ0) is 13.8. The van der Waals surface area contributed by atoms with E-state index in [1.54, 1.807) is 0 Å². The molecule has 1 aromatic heterocycles. The number of anilines is 1. The van der Waals surface area contributed by atoms with Gasteiger partial charge in [-0.05, 0) is 5.56 Å². The Morgan fingerprint density at radius 2 is 2.11 bits per heavy atom. The van der Waals surface area contributed by atoms with Crippen molar-refractivity contribution in [2.45, 2.75) is 6.61 Å². The lowest BCUT2D eigenvalue weighted by Gasteiger charge is -2.05. The second kappa shape index (κ2) is 5.30. The molecule has 0 aliphatic carbocycles. The van der Waals surface area contributed by atoms with Gasteiger partial charge in [0.25, 0.3) is 0 Å². The Kier molecular flexibility index (Phi) is 3.56. The van der Waals surface area contributed by atoms with Crippen LogP contribution >= 0.6 is 0 Å². The van der Waals surface area contributed by atoms with E-state index in [2.05, 4.69) is 10.3 Å². The number of H-pyrrole nitrogens is 1. The molecule has 1 heterocycles. The van der Waals surface area contributed by atoms with E-state index in [4.69, 9.17) is 4.74 Å². The Balaban J connectivity index is 1.95. The van der Waals surface area contributed by atoms with Gasteiger partial charge in [0.1, 0.15) is 6.61 Å². The smallest absolute Gasteiger partial charge is 0.413 e. The summed E-state index contributed by atoms with van der Waals surface area (Å²) < 4.78 is 5.91. The molecule has 3 N–H and O–H groups in total. The SMILES string of the molecule is Cn1c(O)c(NC(=O)OCc2ccccc2)[nH]c1=O. The van der Waals surface area contributed by atoms with Crippen LogP contribution in [-0.2, 0) is 18.4 Å². The maximum absolute atomic E-state index is 11.5. The van der Waals surface area contributed by atoms with Gasteiger partial charge in [-0.3, -0.25) is 14.9 Å². The monoisotopic (exact) mass is 263 g/mol. The fourth-order valence-corrected chi connectivity index (χ4v) is 1.46. The third kappa shape index (κ3) is 2.95. The Labute approximate surface area is 108 Å². The van der Waals surface area contributed by atoms with E-state index in [0.29, 0.717) is 0 Å². The molecule has 1 aromatic carbocycles. The summed E-state index contributed by atoms with van der Waals surface area (Å²) in [6.07, 6.45) is -0.763. The highest BCUT2D eigenvalue weighted by atomic mass is 16.5. The lowest BCUT2D eigenvalue weighted by molar-refractivity contribution is 0.155. The van der Waals surface area contributed by atoms with Crippen LogP contribution in [0.3, 0.4) is 0 Å². The molecule has 0 saturated carbocycles. The summed E-state index contributed by atoms with van der Waals surface area (Å²) in [5, 5.41) is 11.8. The summed E-state index contributed by atoms with van der Waals surface area (Å²) in [7, 11) is 1.37. The standard InChI is InChI=1S/C12H13N3O4/c1-15-10(16)9(13-11(15)17)14-12(18)19-7-8-5-3-2-4-6-8/h2-6,16H,7H2,1H3,(H,13,17)(H,14,18). The molecule has 0 atom stereocenters. The third-order valence-electron chi connectivity index (χ3n) is 2.52. The third-order valence-corrected chi connectivity index (χ3v) is 2.52. The van der Waals surface area contributed by atoms with E-state index in [1.165, 1.54) is 7.05 Å². The number of amides is 1. The highest BCUT2D eigenvalue weighted by Gasteiger charge is 2.13. The molecule has 19 heavy (non-hydrogen) atoms. The molecule has 0 saturated heterocycles. The van der Waals surface area contributed by atoms with E-state index in [-0.39, 0.29) is 18.3 Å². The number of aromatic hydroxyl groups is 1. The van der Waals surface area contributed by atoms with Gasteiger partial charge in [-0.15, -0.1) is 0 Å². The average Bonchev–Trinajstić information content (AvgIpc) is 2.65. The number of hydrogen-bond acceptors (Lipinski definition) is 4. The van der Waals surface area contributed by atoms with Crippen LogP contribution in [0.1, 0.15) is 5.56 Å². The van der Waals surface area contributed by atoms with Gasteiger partial charge in [-0.1, -0.05) is 30.3 Å². The van der Waals surface area contributed by atoms with Crippen molar-refractivity contribution in [2.75, 3.05) is 5.32 Å². The second-order valence-corrected chi connectivity index (χ2v) is 3.87. The van der Waals surface area contributed by atoms with Gasteiger partial charge in [0.2, 0.25) is 5.88 Å². The van der Waals surface area contributed by atoms with Crippen molar-refractivity contribution in [2.24, 2.45) is 7.05 Å². The second-order valence-electron chi connectivity index (χ2n) is 3.87. The summed E-state index contributed by atoms with van der Waals surface area (Å²) in [6, 6.07) is 9.15. The number of nitrogens with zero attached hydrogens (tertiary/aromatic N) is 1. The number of hydrogen-bond donors (Lipinski definition) is 3. The topological polar surface area (TPSA) is 96.3 Å². The van der Waals surface area contributed by atoms with Crippen LogP contribution in [0.25, 0.3) is 0 Å². The number of aromatic amines is 1. The molecule has 0 aliphatic heterocycles. The van der Waals surface area contributed by atoms with Gasteiger partial charge in [-0.2, -0.15) is 0 Å². The van der Waals surface area contributed by atoms with Crippen molar-refractivity contribution in [3.8, 4) is 5.88 Å². The first-order valence-electron chi connectivity index (χ1n) is 5.53. The zero-order valence-electron chi connectivity index (χ0n) is 10.2. The van der Waals surface area contributed by atoms with Crippen molar-refractivity contribution >= 4 is 11.9 Å². The van der Waals surface area contributed by atoms with Gasteiger partial charge in [0.05, 0.1) is 0 Å². The zero-order valence-corrected chi connectivity index (χ0v) is 10.2. The molecule has 7 nitrogen and oxygen atoms in total.